The number of para-hydroxylation sites is 1. The summed E-state index contributed by atoms with van der Waals surface area (Å²) in [6.45, 7) is 3.58. The maximum absolute atomic E-state index is 13.2. The number of fused-ring (bicyclic) bond motifs is 1. The van der Waals surface area contributed by atoms with E-state index in [0.717, 1.165) is 0 Å². The van der Waals surface area contributed by atoms with E-state index < -0.39 is 28.5 Å². The molecule has 1 aromatic heterocycles. The summed E-state index contributed by atoms with van der Waals surface area (Å²) in [4.78, 5) is 30.6. The highest BCUT2D eigenvalue weighted by molar-refractivity contribution is 7.89. The Balaban J connectivity index is 1.54. The molecule has 4 aromatic rings. The van der Waals surface area contributed by atoms with E-state index in [2.05, 4.69) is 10.3 Å². The molecule has 0 bridgehead atoms. The quantitative estimate of drug-likeness (QED) is 0.254. The van der Waals surface area contributed by atoms with Gasteiger partial charge in [-0.25, -0.2) is 18.2 Å². The number of amides is 1. The van der Waals surface area contributed by atoms with Gasteiger partial charge in [-0.2, -0.15) is 4.31 Å². The summed E-state index contributed by atoms with van der Waals surface area (Å²) in [5, 5.41) is 3.16. The molecule has 4 rings (SSSR count). The first-order chi connectivity index (χ1) is 19.7. The van der Waals surface area contributed by atoms with Crippen LogP contribution in [0.5, 0.6) is 11.5 Å². The molecule has 11 heteroatoms. The van der Waals surface area contributed by atoms with Crippen LogP contribution in [-0.2, 0) is 19.6 Å². The SMILES string of the molecule is CCN(CC)S(=O)(=O)c1cccc(NC(=O)COC(=O)c2cc(-c3ccc(OC)c(OC)c3)nc3ccccc23)c1. The maximum atomic E-state index is 13.2. The van der Waals surface area contributed by atoms with E-state index in [1.54, 1.807) is 69.5 Å². The molecule has 1 amide bonds. The number of aromatic nitrogens is 1. The van der Waals surface area contributed by atoms with Crippen LogP contribution >= 0.6 is 0 Å². The number of hydrogen-bond acceptors (Lipinski definition) is 8. The molecule has 0 atom stereocenters. The predicted octanol–water partition coefficient (Wildman–Crippen LogP) is 4.75. The highest BCUT2D eigenvalue weighted by Gasteiger charge is 2.22. The largest absolute Gasteiger partial charge is 0.493 e. The lowest BCUT2D eigenvalue weighted by atomic mass is 10.0. The first kappa shape index (κ1) is 29.5. The Morgan fingerprint density at radius 2 is 1.61 bits per heavy atom. The standard InChI is InChI=1S/C30H31N3O7S/c1-5-33(6-2)41(36,37)22-11-9-10-21(17-22)31-29(34)19-40-30(35)24-18-26(32-25-13-8-7-12-23(24)25)20-14-15-27(38-3)28(16-20)39-4/h7-18H,5-6,19H2,1-4H3,(H,31,34). The number of nitrogens with zero attached hydrogens (tertiary/aromatic N) is 2. The fourth-order valence-corrected chi connectivity index (χ4v) is 5.84. The number of sulfonamides is 1. The lowest BCUT2D eigenvalue weighted by Gasteiger charge is -2.18. The Kier molecular flexibility index (Phi) is 9.21. The van der Waals surface area contributed by atoms with Gasteiger partial charge >= 0.3 is 5.97 Å². The van der Waals surface area contributed by atoms with Gasteiger partial charge in [0, 0.05) is 29.7 Å². The molecule has 10 nitrogen and oxygen atoms in total. The third kappa shape index (κ3) is 6.47. The van der Waals surface area contributed by atoms with Crippen molar-refractivity contribution in [2.24, 2.45) is 0 Å². The van der Waals surface area contributed by atoms with E-state index in [9.17, 15) is 18.0 Å². The minimum atomic E-state index is -3.70. The summed E-state index contributed by atoms with van der Waals surface area (Å²) in [5.41, 5.74) is 2.28. The smallest absolute Gasteiger partial charge is 0.339 e. The van der Waals surface area contributed by atoms with Crippen LogP contribution in [0.15, 0.2) is 77.7 Å². The Bertz CT molecular complexity index is 1690. The average molecular weight is 578 g/mol. The second kappa shape index (κ2) is 12.8. The zero-order chi connectivity index (χ0) is 29.6. The fraction of sp³-hybridized carbons (Fsp3) is 0.233. The van der Waals surface area contributed by atoms with E-state index in [0.29, 0.717) is 46.7 Å². The van der Waals surface area contributed by atoms with Gasteiger partial charge in [0.05, 0.1) is 35.9 Å². The first-order valence-corrected chi connectivity index (χ1v) is 14.3. The van der Waals surface area contributed by atoms with Crippen LogP contribution < -0.4 is 14.8 Å². The van der Waals surface area contributed by atoms with Crippen LogP contribution in [-0.4, -0.2) is 63.5 Å². The van der Waals surface area contributed by atoms with Gasteiger partial charge in [0.2, 0.25) is 10.0 Å². The summed E-state index contributed by atoms with van der Waals surface area (Å²) in [6.07, 6.45) is 0. The number of rotatable bonds is 11. The normalized spacial score (nSPS) is 11.3. The van der Waals surface area contributed by atoms with E-state index in [4.69, 9.17) is 14.2 Å². The second-order valence-electron chi connectivity index (χ2n) is 8.88. The van der Waals surface area contributed by atoms with Gasteiger partial charge < -0.3 is 19.5 Å². The molecule has 3 aromatic carbocycles. The fourth-order valence-electron chi connectivity index (χ4n) is 4.34. The van der Waals surface area contributed by atoms with E-state index in [1.165, 1.54) is 29.6 Å². The molecule has 0 saturated carbocycles. The van der Waals surface area contributed by atoms with Crippen molar-refractivity contribution in [1.82, 2.24) is 9.29 Å². The molecule has 1 heterocycles. The van der Waals surface area contributed by atoms with Crippen LogP contribution in [0.4, 0.5) is 5.69 Å². The maximum Gasteiger partial charge on any atom is 0.339 e. The second-order valence-corrected chi connectivity index (χ2v) is 10.8. The third-order valence-corrected chi connectivity index (χ3v) is 8.46. The van der Waals surface area contributed by atoms with E-state index >= 15 is 0 Å². The van der Waals surface area contributed by atoms with Crippen molar-refractivity contribution in [3.63, 3.8) is 0 Å². The molecule has 1 N–H and O–H groups in total. The number of ether oxygens (including phenoxy) is 3. The molecule has 0 aliphatic carbocycles. The molecular weight excluding hydrogens is 546 g/mol. The molecule has 0 fully saturated rings. The van der Waals surface area contributed by atoms with Crippen molar-refractivity contribution < 1.29 is 32.2 Å². The molecule has 0 aliphatic heterocycles. The third-order valence-electron chi connectivity index (χ3n) is 6.41. The Morgan fingerprint density at radius 3 is 2.32 bits per heavy atom. The van der Waals surface area contributed by atoms with Crippen molar-refractivity contribution in [3.05, 3.63) is 78.4 Å². The number of pyridine rings is 1. The van der Waals surface area contributed by atoms with E-state index in [-0.39, 0.29) is 16.1 Å². The zero-order valence-corrected chi connectivity index (χ0v) is 24.0. The Morgan fingerprint density at radius 1 is 0.878 bits per heavy atom. The number of carbonyl (C=O) groups is 2. The van der Waals surface area contributed by atoms with Crippen molar-refractivity contribution in [2.75, 3.05) is 39.2 Å². The minimum absolute atomic E-state index is 0.0574. The van der Waals surface area contributed by atoms with Gasteiger partial charge in [0.15, 0.2) is 18.1 Å². The molecule has 0 unspecified atom stereocenters. The average Bonchev–Trinajstić information content (AvgIpc) is 2.99. The minimum Gasteiger partial charge on any atom is -0.493 e. The lowest BCUT2D eigenvalue weighted by Crippen LogP contribution is -2.30. The van der Waals surface area contributed by atoms with Gasteiger partial charge in [-0.05, 0) is 48.5 Å². The zero-order valence-electron chi connectivity index (χ0n) is 23.2. The summed E-state index contributed by atoms with van der Waals surface area (Å²) < 4.78 is 43.1. The summed E-state index contributed by atoms with van der Waals surface area (Å²) in [6, 6.07) is 20.0. The van der Waals surface area contributed by atoms with Crippen molar-refractivity contribution >= 4 is 38.5 Å². The molecule has 0 saturated heterocycles. The van der Waals surface area contributed by atoms with Crippen LogP contribution in [0.3, 0.4) is 0 Å². The number of nitrogens with one attached hydrogen (secondary N) is 1. The first-order valence-electron chi connectivity index (χ1n) is 12.9. The predicted molar refractivity (Wildman–Crippen MR) is 156 cm³/mol. The number of anilines is 1. The number of methoxy groups -OCH3 is 2. The van der Waals surface area contributed by atoms with Gasteiger partial charge in [0.1, 0.15) is 0 Å². The number of esters is 1. The highest BCUT2D eigenvalue weighted by atomic mass is 32.2. The van der Waals surface area contributed by atoms with Crippen LogP contribution in [0.25, 0.3) is 22.2 Å². The Hall–Kier alpha value is -4.48. The van der Waals surface area contributed by atoms with Crippen LogP contribution in [0.2, 0.25) is 0 Å². The highest BCUT2D eigenvalue weighted by Crippen LogP contribution is 2.33. The monoisotopic (exact) mass is 577 g/mol. The van der Waals surface area contributed by atoms with Crippen molar-refractivity contribution in [3.8, 4) is 22.8 Å². The van der Waals surface area contributed by atoms with Crippen molar-refractivity contribution in [1.29, 1.82) is 0 Å². The van der Waals surface area contributed by atoms with Gasteiger partial charge in [0.25, 0.3) is 5.91 Å². The molecular formula is C30H31N3O7S. The number of hydrogen-bond donors (Lipinski definition) is 1. The van der Waals surface area contributed by atoms with Crippen molar-refractivity contribution in [2.45, 2.75) is 18.7 Å². The topological polar surface area (TPSA) is 124 Å². The number of benzene rings is 3. The van der Waals surface area contributed by atoms with Crippen LogP contribution in [0.1, 0.15) is 24.2 Å². The van der Waals surface area contributed by atoms with E-state index in [1.807, 2.05) is 6.07 Å². The summed E-state index contributed by atoms with van der Waals surface area (Å²) in [7, 11) is -0.628. The molecule has 0 aliphatic rings. The van der Waals surface area contributed by atoms with Crippen LogP contribution in [0, 0.1) is 0 Å². The van der Waals surface area contributed by atoms with Gasteiger partial charge in [-0.1, -0.05) is 38.1 Å². The van der Waals surface area contributed by atoms with Gasteiger partial charge in [-0.15, -0.1) is 0 Å². The summed E-state index contributed by atoms with van der Waals surface area (Å²) in [5.74, 6) is -0.263. The lowest BCUT2D eigenvalue weighted by molar-refractivity contribution is -0.119. The Labute approximate surface area is 238 Å². The molecule has 0 spiro atoms. The van der Waals surface area contributed by atoms with Gasteiger partial charge in [-0.3, -0.25) is 4.79 Å². The molecule has 214 valence electrons. The number of carbonyl (C=O) groups excluding carboxylic acids is 2. The molecule has 0 radical (unpaired) electrons. The molecule has 41 heavy (non-hydrogen) atoms. The summed E-state index contributed by atoms with van der Waals surface area (Å²) >= 11 is 0.